The minimum absolute atomic E-state index is 0.0827. The molecule has 13 heteroatoms. The number of sulfonamides is 1. The zero-order valence-electron chi connectivity index (χ0n) is 19.8. The number of hydrogen-bond acceptors (Lipinski definition) is 9. The first-order valence-corrected chi connectivity index (χ1v) is 13.7. The summed E-state index contributed by atoms with van der Waals surface area (Å²) in [6.45, 7) is 9.03. The smallest absolute Gasteiger partial charge is 0.291 e. The molecule has 2 aromatic heterocycles. The minimum atomic E-state index is -3.85. The number of fused-ring (bicyclic) bond motifs is 1. The van der Waals surface area contributed by atoms with Gasteiger partial charge in [0, 0.05) is 36.1 Å². The summed E-state index contributed by atoms with van der Waals surface area (Å²) in [5.74, 6) is 0.429. The van der Waals surface area contributed by atoms with Crippen LogP contribution >= 0.6 is 11.3 Å². The van der Waals surface area contributed by atoms with Crippen LogP contribution in [0.5, 0.6) is 0 Å². The topological polar surface area (TPSA) is 113 Å². The van der Waals surface area contributed by atoms with Gasteiger partial charge in [0.15, 0.2) is 10.0 Å². The second-order valence-electron chi connectivity index (χ2n) is 9.74. The lowest BCUT2D eigenvalue weighted by molar-refractivity contribution is 0.150. The Labute approximate surface area is 206 Å². The summed E-state index contributed by atoms with van der Waals surface area (Å²) in [7, 11) is -3.85. The molecule has 2 fully saturated rings. The molecule has 1 saturated carbocycles. The van der Waals surface area contributed by atoms with Gasteiger partial charge < -0.3 is 10.2 Å². The highest BCUT2D eigenvalue weighted by Crippen LogP contribution is 2.39. The number of rotatable bonds is 6. The average molecular weight is 524 g/mol. The number of anilines is 1. The Balaban J connectivity index is 1.74. The number of nitrogens with one attached hydrogen (secondary N) is 2. The Bertz CT molecular complexity index is 1380. The Hall–Kier alpha value is -2.35. The van der Waals surface area contributed by atoms with Crippen LogP contribution in [-0.2, 0) is 10.0 Å². The maximum Gasteiger partial charge on any atom is 0.291 e. The molecule has 2 atom stereocenters. The second-order valence-corrected chi connectivity index (χ2v) is 12.4. The van der Waals surface area contributed by atoms with Crippen LogP contribution in [-0.4, -0.2) is 59.3 Å². The van der Waals surface area contributed by atoms with E-state index in [0.717, 1.165) is 24.2 Å². The van der Waals surface area contributed by atoms with Crippen molar-refractivity contribution < 1.29 is 17.2 Å². The number of aromatic nitrogens is 4. The van der Waals surface area contributed by atoms with Crippen LogP contribution in [0.2, 0.25) is 0 Å². The van der Waals surface area contributed by atoms with Crippen LogP contribution in [0, 0.1) is 6.92 Å². The van der Waals surface area contributed by atoms with Crippen LogP contribution < -0.4 is 14.9 Å². The van der Waals surface area contributed by atoms with Crippen LogP contribution in [0.1, 0.15) is 50.9 Å². The van der Waals surface area contributed by atoms with E-state index in [-0.39, 0.29) is 22.0 Å². The molecule has 2 N–H and O–H groups in total. The SMILES string of the molecule is Cc1nc(-c2nnc(C(F)F)s2)c2cc(S(=O)(=O)NC3(C)CC3)cc(N3C[C@@H](C)N[C@H](C)C3)c2n1. The number of piperazine rings is 1. The Morgan fingerprint density at radius 2 is 1.86 bits per heavy atom. The number of benzene rings is 1. The molecule has 2 aliphatic rings. The van der Waals surface area contributed by atoms with Gasteiger partial charge >= 0.3 is 0 Å². The van der Waals surface area contributed by atoms with Crippen LogP contribution in [0.4, 0.5) is 14.5 Å². The van der Waals surface area contributed by atoms with Crippen molar-refractivity contribution in [1.82, 2.24) is 30.2 Å². The van der Waals surface area contributed by atoms with Gasteiger partial charge in [0.05, 0.1) is 16.1 Å². The number of halogens is 2. The first-order chi connectivity index (χ1) is 16.4. The van der Waals surface area contributed by atoms with Crippen molar-refractivity contribution in [2.24, 2.45) is 0 Å². The van der Waals surface area contributed by atoms with Crippen molar-refractivity contribution in [3.8, 4) is 10.7 Å². The lowest BCUT2D eigenvalue weighted by Gasteiger charge is -2.38. The van der Waals surface area contributed by atoms with E-state index in [1.54, 1.807) is 13.0 Å². The molecular weight excluding hydrogens is 496 g/mol. The van der Waals surface area contributed by atoms with Gasteiger partial charge in [-0.25, -0.2) is 31.9 Å². The quantitative estimate of drug-likeness (QED) is 0.506. The summed E-state index contributed by atoms with van der Waals surface area (Å²) in [4.78, 5) is 11.3. The normalized spacial score (nSPS) is 22.2. The van der Waals surface area contributed by atoms with Crippen LogP contribution in [0.15, 0.2) is 17.0 Å². The van der Waals surface area contributed by atoms with Crippen molar-refractivity contribution in [3.63, 3.8) is 0 Å². The highest BCUT2D eigenvalue weighted by atomic mass is 32.2. The largest absolute Gasteiger partial charge is 0.367 e. The highest BCUT2D eigenvalue weighted by Gasteiger charge is 2.41. The number of nitrogens with zero attached hydrogens (tertiary/aromatic N) is 5. The molecular formula is C22H27F2N7O2S2. The molecule has 0 unspecified atom stereocenters. The molecule has 1 saturated heterocycles. The zero-order valence-corrected chi connectivity index (χ0v) is 21.5. The Morgan fingerprint density at radius 3 is 2.46 bits per heavy atom. The number of hydrogen-bond donors (Lipinski definition) is 2. The van der Waals surface area contributed by atoms with E-state index in [1.807, 2.05) is 6.92 Å². The predicted octanol–water partition coefficient (Wildman–Crippen LogP) is 3.41. The fourth-order valence-electron chi connectivity index (χ4n) is 4.47. The zero-order chi connectivity index (χ0) is 25.1. The van der Waals surface area contributed by atoms with Crippen molar-refractivity contribution in [2.75, 3.05) is 18.0 Å². The molecule has 3 heterocycles. The molecule has 0 radical (unpaired) electrons. The third-order valence-electron chi connectivity index (χ3n) is 6.28. The van der Waals surface area contributed by atoms with Crippen molar-refractivity contribution in [2.45, 2.75) is 69.5 Å². The summed E-state index contributed by atoms with van der Waals surface area (Å²) < 4.78 is 56.0. The van der Waals surface area contributed by atoms with Gasteiger partial charge in [0.1, 0.15) is 11.5 Å². The third kappa shape index (κ3) is 4.86. The molecule has 35 heavy (non-hydrogen) atoms. The number of aryl methyl sites for hydroxylation is 1. The molecule has 1 aromatic carbocycles. The molecule has 3 aromatic rings. The van der Waals surface area contributed by atoms with Crippen molar-refractivity contribution in [3.05, 3.63) is 23.0 Å². The summed E-state index contributed by atoms with van der Waals surface area (Å²) >= 11 is 0.742. The van der Waals surface area contributed by atoms with Crippen LogP contribution in [0.3, 0.4) is 0 Å². The van der Waals surface area contributed by atoms with E-state index in [1.165, 1.54) is 6.07 Å². The molecule has 188 valence electrons. The number of alkyl halides is 2. The van der Waals surface area contributed by atoms with Gasteiger partial charge in [-0.15, -0.1) is 10.2 Å². The molecule has 5 rings (SSSR count). The van der Waals surface area contributed by atoms with E-state index in [9.17, 15) is 17.2 Å². The molecule has 9 nitrogen and oxygen atoms in total. The predicted molar refractivity (Wildman–Crippen MR) is 130 cm³/mol. The lowest BCUT2D eigenvalue weighted by Crippen LogP contribution is -2.54. The van der Waals surface area contributed by atoms with Gasteiger partial charge in [-0.3, -0.25) is 0 Å². The first kappa shape index (κ1) is 24.3. The fourth-order valence-corrected chi connectivity index (χ4v) is 6.69. The van der Waals surface area contributed by atoms with E-state index < -0.39 is 27.0 Å². The van der Waals surface area contributed by atoms with Crippen LogP contribution in [0.25, 0.3) is 21.6 Å². The van der Waals surface area contributed by atoms with E-state index in [2.05, 4.69) is 49.0 Å². The van der Waals surface area contributed by atoms with Gasteiger partial charge in [-0.05, 0) is 52.7 Å². The average Bonchev–Trinajstić information content (AvgIpc) is 3.27. The van der Waals surface area contributed by atoms with Crippen molar-refractivity contribution >= 4 is 38.0 Å². The first-order valence-electron chi connectivity index (χ1n) is 11.4. The Kier molecular flexibility index (Phi) is 6.01. The maximum atomic E-state index is 13.4. The minimum Gasteiger partial charge on any atom is -0.367 e. The maximum absolute atomic E-state index is 13.4. The van der Waals surface area contributed by atoms with E-state index in [4.69, 9.17) is 0 Å². The summed E-state index contributed by atoms with van der Waals surface area (Å²) in [6, 6.07) is 3.52. The van der Waals surface area contributed by atoms with Gasteiger partial charge in [-0.1, -0.05) is 11.3 Å². The van der Waals surface area contributed by atoms with Crippen molar-refractivity contribution in [1.29, 1.82) is 0 Å². The molecule has 0 amide bonds. The highest BCUT2D eigenvalue weighted by molar-refractivity contribution is 7.89. The molecule has 1 aliphatic carbocycles. The molecule has 0 bridgehead atoms. The van der Waals surface area contributed by atoms with Gasteiger partial charge in [-0.2, -0.15) is 0 Å². The van der Waals surface area contributed by atoms with Gasteiger partial charge in [0.25, 0.3) is 6.43 Å². The Morgan fingerprint density at radius 1 is 1.17 bits per heavy atom. The van der Waals surface area contributed by atoms with E-state index >= 15 is 0 Å². The lowest BCUT2D eigenvalue weighted by atomic mass is 10.1. The second kappa shape index (κ2) is 8.64. The summed E-state index contributed by atoms with van der Waals surface area (Å²) in [6.07, 6.45) is -1.21. The van der Waals surface area contributed by atoms with E-state index in [0.29, 0.717) is 41.2 Å². The molecule has 0 spiro atoms. The summed E-state index contributed by atoms with van der Waals surface area (Å²) in [5, 5.41) is 11.2. The standard InChI is InChI=1S/C22H27F2N7O2S2/c1-11-9-31(10-12(2)25-11)16-8-14(35(32,33)30-22(4)5-6-22)7-15-17(16)26-13(3)27-18(15)20-28-29-21(34-20)19(23)24/h7-8,11-12,19,25,30H,5-6,9-10H2,1-4H3/t11-,12-/m1/s1. The fraction of sp³-hybridized carbons (Fsp3) is 0.545. The molecule has 1 aliphatic heterocycles. The third-order valence-corrected chi connectivity index (χ3v) is 8.84. The summed E-state index contributed by atoms with van der Waals surface area (Å²) in [5.41, 5.74) is 1.06. The van der Waals surface area contributed by atoms with Gasteiger partial charge in [0.2, 0.25) is 10.0 Å². The monoisotopic (exact) mass is 523 g/mol.